The minimum absolute atomic E-state index is 0.359. The molecule has 0 aromatic carbocycles. The molecule has 0 saturated carbocycles. The highest BCUT2D eigenvalue weighted by Crippen LogP contribution is 2.17. The first-order valence-corrected chi connectivity index (χ1v) is 27.5. The monoisotopic (exact) mass is 886 g/mol. The molecule has 4 unspecified atom stereocenters. The quantitative estimate of drug-likeness (QED) is 0.0309. The topological polar surface area (TPSA) is 110 Å². The Balaban J connectivity index is 3.61. The zero-order valence-electron chi connectivity index (χ0n) is 41.8. The van der Waals surface area contributed by atoms with Crippen molar-refractivity contribution in [3.05, 3.63) is 48.6 Å². The number of aliphatic hydroxyl groups excluding tert-OH is 4. The molecule has 0 bridgehead atoms. The predicted molar refractivity (Wildman–Crippen MR) is 274 cm³/mol. The molecule has 0 spiro atoms. The highest BCUT2D eigenvalue weighted by molar-refractivity contribution is 5.80. The summed E-state index contributed by atoms with van der Waals surface area (Å²) in [5, 5.41) is 43.8. The first-order valence-electron chi connectivity index (χ1n) is 27.5. The zero-order valence-corrected chi connectivity index (χ0v) is 41.8. The molecular formula is C57H107NO5. The van der Waals surface area contributed by atoms with Crippen molar-refractivity contribution in [2.24, 2.45) is 0 Å². The van der Waals surface area contributed by atoms with E-state index in [4.69, 9.17) is 0 Å². The van der Waals surface area contributed by atoms with Gasteiger partial charge in [-0.05, 0) is 83.5 Å². The van der Waals surface area contributed by atoms with E-state index in [9.17, 15) is 25.2 Å². The van der Waals surface area contributed by atoms with Crippen LogP contribution in [0.3, 0.4) is 0 Å². The van der Waals surface area contributed by atoms with Crippen LogP contribution in [-0.2, 0) is 4.79 Å². The molecule has 0 radical (unpaired) electrons. The molecule has 63 heavy (non-hydrogen) atoms. The lowest BCUT2D eigenvalue weighted by atomic mass is 10.00. The molecule has 0 heterocycles. The molecule has 0 rings (SSSR count). The average molecular weight is 886 g/mol. The van der Waals surface area contributed by atoms with Crippen LogP contribution in [-0.4, -0.2) is 57.3 Å². The van der Waals surface area contributed by atoms with E-state index in [2.05, 4.69) is 67.8 Å². The average Bonchev–Trinajstić information content (AvgIpc) is 3.29. The van der Waals surface area contributed by atoms with Gasteiger partial charge < -0.3 is 25.7 Å². The molecule has 0 aromatic heterocycles. The summed E-state index contributed by atoms with van der Waals surface area (Å²) in [6.07, 6.45) is 64.7. The lowest BCUT2D eigenvalue weighted by Crippen LogP contribution is -2.53. The fourth-order valence-electron chi connectivity index (χ4n) is 8.36. The smallest absolute Gasteiger partial charge is 0.249 e. The van der Waals surface area contributed by atoms with E-state index >= 15 is 0 Å². The van der Waals surface area contributed by atoms with Crippen molar-refractivity contribution < 1.29 is 25.2 Å². The van der Waals surface area contributed by atoms with Crippen LogP contribution < -0.4 is 5.32 Å². The van der Waals surface area contributed by atoms with Crippen LogP contribution in [0.1, 0.15) is 277 Å². The van der Waals surface area contributed by atoms with E-state index in [0.29, 0.717) is 19.3 Å². The van der Waals surface area contributed by atoms with E-state index in [1.807, 2.05) is 0 Å². The van der Waals surface area contributed by atoms with Crippen molar-refractivity contribution in [1.82, 2.24) is 5.32 Å². The molecule has 4 atom stereocenters. The van der Waals surface area contributed by atoms with E-state index in [1.54, 1.807) is 0 Å². The maximum absolute atomic E-state index is 12.6. The summed E-state index contributed by atoms with van der Waals surface area (Å²) < 4.78 is 0. The van der Waals surface area contributed by atoms with Crippen LogP contribution in [0.25, 0.3) is 0 Å². The first-order chi connectivity index (χ1) is 31.0. The summed E-state index contributed by atoms with van der Waals surface area (Å²) in [7, 11) is 0. The molecule has 0 aliphatic carbocycles. The number of aliphatic hydroxyl groups is 4. The molecule has 0 aliphatic rings. The maximum atomic E-state index is 12.6. The number of allylic oxidation sites excluding steroid dienone is 8. The number of rotatable bonds is 50. The van der Waals surface area contributed by atoms with Crippen molar-refractivity contribution in [3.63, 3.8) is 0 Å². The van der Waals surface area contributed by atoms with Crippen molar-refractivity contribution in [2.45, 2.75) is 301 Å². The lowest BCUT2D eigenvalue weighted by molar-refractivity contribution is -0.132. The van der Waals surface area contributed by atoms with Gasteiger partial charge in [-0.1, -0.05) is 242 Å². The predicted octanol–water partition coefficient (Wildman–Crippen LogP) is 15.8. The summed E-state index contributed by atoms with van der Waals surface area (Å²) in [4.78, 5) is 12.6. The van der Waals surface area contributed by atoms with Gasteiger partial charge in [0.2, 0.25) is 5.91 Å². The van der Waals surface area contributed by atoms with Gasteiger partial charge in [0, 0.05) is 0 Å². The van der Waals surface area contributed by atoms with Crippen LogP contribution >= 0.6 is 0 Å². The van der Waals surface area contributed by atoms with Gasteiger partial charge in [0.05, 0.1) is 18.8 Å². The summed E-state index contributed by atoms with van der Waals surface area (Å²) in [6, 6.07) is -1.01. The minimum Gasteiger partial charge on any atom is -0.394 e. The Morgan fingerprint density at radius 3 is 1.05 bits per heavy atom. The zero-order chi connectivity index (χ0) is 45.9. The molecule has 370 valence electrons. The Kier molecular flexibility index (Phi) is 49.8. The second kappa shape index (κ2) is 51.3. The Labute approximate surface area is 391 Å². The summed E-state index contributed by atoms with van der Waals surface area (Å²) >= 11 is 0. The normalized spacial score (nSPS) is 14.2. The number of unbranched alkanes of at least 4 members (excludes halogenated alkanes) is 33. The van der Waals surface area contributed by atoms with Crippen LogP contribution in [0.2, 0.25) is 0 Å². The Morgan fingerprint density at radius 1 is 0.381 bits per heavy atom. The van der Waals surface area contributed by atoms with E-state index in [-0.39, 0.29) is 0 Å². The largest absolute Gasteiger partial charge is 0.394 e. The maximum Gasteiger partial charge on any atom is 0.249 e. The molecule has 6 nitrogen and oxygen atoms in total. The van der Waals surface area contributed by atoms with Crippen LogP contribution in [0.15, 0.2) is 48.6 Å². The number of hydrogen-bond donors (Lipinski definition) is 5. The van der Waals surface area contributed by atoms with Crippen molar-refractivity contribution in [2.75, 3.05) is 6.61 Å². The van der Waals surface area contributed by atoms with Crippen molar-refractivity contribution in [1.29, 1.82) is 0 Å². The van der Waals surface area contributed by atoms with Gasteiger partial charge in [-0.2, -0.15) is 0 Å². The number of hydrogen-bond acceptors (Lipinski definition) is 5. The van der Waals surface area contributed by atoms with Gasteiger partial charge >= 0.3 is 0 Å². The lowest BCUT2D eigenvalue weighted by Gasteiger charge is -2.27. The third kappa shape index (κ3) is 45.2. The van der Waals surface area contributed by atoms with Gasteiger partial charge in [0.1, 0.15) is 12.2 Å². The van der Waals surface area contributed by atoms with Crippen molar-refractivity contribution in [3.8, 4) is 0 Å². The third-order valence-electron chi connectivity index (χ3n) is 12.7. The van der Waals surface area contributed by atoms with Gasteiger partial charge in [-0.3, -0.25) is 4.79 Å². The van der Waals surface area contributed by atoms with Gasteiger partial charge in [-0.15, -0.1) is 0 Å². The minimum atomic E-state index is -1.29. The number of amides is 1. The number of nitrogens with one attached hydrogen (secondary N) is 1. The molecule has 5 N–H and O–H groups in total. The van der Waals surface area contributed by atoms with Crippen LogP contribution in [0, 0.1) is 0 Å². The summed E-state index contributed by atoms with van der Waals surface area (Å²) in [5.41, 5.74) is 0. The van der Waals surface area contributed by atoms with Gasteiger partial charge in [0.25, 0.3) is 0 Å². The van der Waals surface area contributed by atoms with Crippen LogP contribution in [0.5, 0.6) is 0 Å². The Bertz CT molecular complexity index is 1040. The SMILES string of the molecule is CCCC/C=C/CC/C=C/CC/C=C/CCCC(O)C(O)C(CO)NC(=O)C(O)CCCCCCCCCCCCCCCCCC/C=C\CCCCCCCCCCCCCC. The Hall–Kier alpha value is -1.73. The van der Waals surface area contributed by atoms with Crippen LogP contribution in [0.4, 0.5) is 0 Å². The highest BCUT2D eigenvalue weighted by atomic mass is 16.3. The van der Waals surface area contributed by atoms with E-state index in [1.165, 1.54) is 193 Å². The Morgan fingerprint density at radius 2 is 0.683 bits per heavy atom. The van der Waals surface area contributed by atoms with Gasteiger partial charge in [-0.25, -0.2) is 0 Å². The molecule has 0 aromatic rings. The molecule has 1 amide bonds. The third-order valence-corrected chi connectivity index (χ3v) is 12.7. The van der Waals surface area contributed by atoms with Crippen molar-refractivity contribution >= 4 is 5.91 Å². The summed E-state index contributed by atoms with van der Waals surface area (Å²) in [5.74, 6) is -0.598. The molecule has 0 fully saturated rings. The standard InChI is InChI=1S/C57H107NO5/c1-3-5-7-9-11-13-15-17-19-20-21-22-23-24-25-26-27-28-29-30-31-32-33-34-35-37-39-41-43-45-47-49-51-55(61)57(63)58-53(52-59)56(62)54(60)50-48-46-44-42-40-38-36-18-16-14-12-10-8-6-4-2/h10,12,18,24-25,36,42,44,53-56,59-62H,3-9,11,13-17,19-23,26-35,37-41,43,45-52H2,1-2H3,(H,58,63)/b12-10+,25-24-,36-18+,44-42+. The second-order valence-corrected chi connectivity index (χ2v) is 18.9. The highest BCUT2D eigenvalue weighted by Gasteiger charge is 2.28. The number of carbonyl (C=O) groups is 1. The fourth-order valence-corrected chi connectivity index (χ4v) is 8.36. The summed E-state index contributed by atoms with van der Waals surface area (Å²) in [6.45, 7) is 4.01. The first kappa shape index (κ1) is 61.3. The van der Waals surface area contributed by atoms with Gasteiger partial charge in [0.15, 0.2) is 0 Å². The molecule has 0 saturated heterocycles. The molecule has 0 aliphatic heterocycles. The molecule has 6 heteroatoms. The fraction of sp³-hybridized carbons (Fsp3) is 0.842. The second-order valence-electron chi connectivity index (χ2n) is 18.9. The number of carbonyl (C=O) groups excluding carboxylic acids is 1. The van der Waals surface area contributed by atoms with E-state index in [0.717, 1.165) is 51.4 Å². The van der Waals surface area contributed by atoms with E-state index < -0.39 is 36.9 Å². The molecular weight excluding hydrogens is 779 g/mol.